The van der Waals surface area contributed by atoms with Crippen LogP contribution in [0.1, 0.15) is 44.5 Å². The number of aromatic nitrogens is 1. The van der Waals surface area contributed by atoms with Crippen LogP contribution < -0.4 is 5.32 Å². The molecule has 1 aromatic heterocycles. The van der Waals surface area contributed by atoms with E-state index in [1.165, 1.54) is 9.88 Å². The molecule has 4 heteroatoms. The monoisotopic (exact) mass is 269 g/mol. The Hall–Kier alpha value is -0.450. The molecule has 0 aliphatic heterocycles. The molecule has 0 fully saturated rings. The molecule has 1 rings (SSSR count). The van der Waals surface area contributed by atoms with Crippen LogP contribution in [0.3, 0.4) is 0 Å². The largest absolute Gasteiger partial charge is 0.311 e. The quantitative estimate of drug-likeness (QED) is 0.736. The van der Waals surface area contributed by atoms with Crippen LogP contribution in [0.15, 0.2) is 6.20 Å². The molecule has 1 heterocycles. The van der Waals surface area contributed by atoms with Crippen molar-refractivity contribution in [2.24, 2.45) is 0 Å². The van der Waals surface area contributed by atoms with E-state index in [0.29, 0.717) is 12.1 Å². The molecule has 3 nitrogen and oxygen atoms in total. The second-order valence-electron chi connectivity index (χ2n) is 5.18. The van der Waals surface area contributed by atoms with Gasteiger partial charge in [-0.15, -0.1) is 11.3 Å². The SMILES string of the molecule is CCc1ncc(CNCCN(C(C)C)C(C)C)s1. The van der Waals surface area contributed by atoms with Gasteiger partial charge in [0.25, 0.3) is 0 Å². The lowest BCUT2D eigenvalue weighted by Crippen LogP contribution is -2.41. The van der Waals surface area contributed by atoms with Gasteiger partial charge in [-0.2, -0.15) is 0 Å². The Morgan fingerprint density at radius 1 is 1.28 bits per heavy atom. The lowest BCUT2D eigenvalue weighted by molar-refractivity contribution is 0.176. The van der Waals surface area contributed by atoms with Gasteiger partial charge in [0, 0.05) is 42.8 Å². The van der Waals surface area contributed by atoms with E-state index >= 15 is 0 Å². The maximum atomic E-state index is 4.37. The minimum absolute atomic E-state index is 0.613. The molecule has 0 aromatic carbocycles. The minimum Gasteiger partial charge on any atom is -0.311 e. The summed E-state index contributed by atoms with van der Waals surface area (Å²) in [6.07, 6.45) is 3.04. The smallest absolute Gasteiger partial charge is 0.0925 e. The van der Waals surface area contributed by atoms with Crippen molar-refractivity contribution in [3.8, 4) is 0 Å². The van der Waals surface area contributed by atoms with Crippen LogP contribution in [0.5, 0.6) is 0 Å². The van der Waals surface area contributed by atoms with Crippen molar-refractivity contribution in [3.05, 3.63) is 16.1 Å². The van der Waals surface area contributed by atoms with Crippen molar-refractivity contribution in [3.63, 3.8) is 0 Å². The Morgan fingerprint density at radius 3 is 2.44 bits per heavy atom. The third kappa shape index (κ3) is 5.04. The summed E-state index contributed by atoms with van der Waals surface area (Å²) in [6.45, 7) is 14.3. The number of aryl methyl sites for hydroxylation is 1. The summed E-state index contributed by atoms with van der Waals surface area (Å²) in [7, 11) is 0. The number of rotatable bonds is 8. The van der Waals surface area contributed by atoms with Gasteiger partial charge in [0.15, 0.2) is 0 Å². The topological polar surface area (TPSA) is 28.2 Å². The van der Waals surface area contributed by atoms with E-state index < -0.39 is 0 Å². The number of hydrogen-bond acceptors (Lipinski definition) is 4. The third-order valence-electron chi connectivity index (χ3n) is 3.08. The number of nitrogens with one attached hydrogen (secondary N) is 1. The van der Waals surface area contributed by atoms with Gasteiger partial charge in [-0.25, -0.2) is 4.98 Å². The molecule has 0 spiro atoms. The van der Waals surface area contributed by atoms with E-state index in [1.54, 1.807) is 0 Å². The van der Waals surface area contributed by atoms with E-state index in [2.05, 4.69) is 49.8 Å². The van der Waals surface area contributed by atoms with Crippen molar-refractivity contribution in [1.82, 2.24) is 15.2 Å². The zero-order chi connectivity index (χ0) is 13.5. The molecule has 0 atom stereocenters. The van der Waals surface area contributed by atoms with Crippen molar-refractivity contribution in [2.75, 3.05) is 13.1 Å². The van der Waals surface area contributed by atoms with Crippen LogP contribution in [-0.2, 0) is 13.0 Å². The van der Waals surface area contributed by atoms with Crippen LogP contribution in [0.4, 0.5) is 0 Å². The lowest BCUT2D eigenvalue weighted by Gasteiger charge is -2.30. The number of hydrogen-bond donors (Lipinski definition) is 1. The summed E-state index contributed by atoms with van der Waals surface area (Å²) in [6, 6.07) is 1.23. The fourth-order valence-electron chi connectivity index (χ4n) is 2.13. The normalized spacial score (nSPS) is 12.0. The van der Waals surface area contributed by atoms with E-state index in [9.17, 15) is 0 Å². The fraction of sp³-hybridized carbons (Fsp3) is 0.786. The Kier molecular flexibility index (Phi) is 6.82. The third-order valence-corrected chi connectivity index (χ3v) is 4.22. The Labute approximate surface area is 116 Å². The maximum absolute atomic E-state index is 4.37. The van der Waals surface area contributed by atoms with Crippen LogP contribution in [0.2, 0.25) is 0 Å². The predicted octanol–water partition coefficient (Wildman–Crippen LogP) is 2.91. The van der Waals surface area contributed by atoms with Gasteiger partial charge in [0.05, 0.1) is 5.01 Å². The van der Waals surface area contributed by atoms with E-state index in [4.69, 9.17) is 0 Å². The van der Waals surface area contributed by atoms with Crippen molar-refractivity contribution >= 4 is 11.3 Å². The lowest BCUT2D eigenvalue weighted by atomic mass is 10.2. The van der Waals surface area contributed by atoms with E-state index in [-0.39, 0.29) is 0 Å². The molecule has 104 valence electrons. The molecule has 18 heavy (non-hydrogen) atoms. The minimum atomic E-state index is 0.613. The summed E-state index contributed by atoms with van der Waals surface area (Å²) >= 11 is 1.82. The molecule has 0 amide bonds. The molecule has 1 N–H and O–H groups in total. The number of thiazole rings is 1. The second kappa shape index (κ2) is 7.87. The summed E-state index contributed by atoms with van der Waals surface area (Å²) in [5.41, 5.74) is 0. The molecule has 0 unspecified atom stereocenters. The van der Waals surface area contributed by atoms with Gasteiger partial charge in [0.1, 0.15) is 0 Å². The average molecular weight is 269 g/mol. The predicted molar refractivity (Wildman–Crippen MR) is 80.2 cm³/mol. The van der Waals surface area contributed by atoms with Crippen LogP contribution >= 0.6 is 11.3 Å². The van der Waals surface area contributed by atoms with Crippen molar-refractivity contribution < 1.29 is 0 Å². The zero-order valence-electron chi connectivity index (χ0n) is 12.4. The highest BCUT2D eigenvalue weighted by Crippen LogP contribution is 2.12. The van der Waals surface area contributed by atoms with Gasteiger partial charge in [-0.3, -0.25) is 4.90 Å². The zero-order valence-corrected chi connectivity index (χ0v) is 13.2. The highest BCUT2D eigenvalue weighted by Gasteiger charge is 2.12. The molecule has 0 saturated carbocycles. The molecule has 0 saturated heterocycles. The molecule has 1 aromatic rings. The van der Waals surface area contributed by atoms with Crippen LogP contribution in [-0.4, -0.2) is 35.1 Å². The van der Waals surface area contributed by atoms with Gasteiger partial charge < -0.3 is 5.32 Å². The molecule has 0 radical (unpaired) electrons. The first-order valence-electron chi connectivity index (χ1n) is 6.94. The summed E-state index contributed by atoms with van der Waals surface area (Å²) in [4.78, 5) is 8.22. The first kappa shape index (κ1) is 15.6. The molecule has 0 bridgehead atoms. The van der Waals surface area contributed by atoms with Crippen LogP contribution in [0.25, 0.3) is 0 Å². The molecular formula is C14H27N3S. The first-order chi connectivity index (χ1) is 8.54. The summed E-state index contributed by atoms with van der Waals surface area (Å²) in [5, 5.41) is 4.74. The van der Waals surface area contributed by atoms with Crippen LogP contribution in [0, 0.1) is 0 Å². The van der Waals surface area contributed by atoms with Gasteiger partial charge in [-0.1, -0.05) is 6.92 Å². The second-order valence-corrected chi connectivity index (χ2v) is 6.38. The molecule has 0 aliphatic rings. The van der Waals surface area contributed by atoms with Gasteiger partial charge in [0.2, 0.25) is 0 Å². The van der Waals surface area contributed by atoms with Crippen molar-refractivity contribution in [1.29, 1.82) is 0 Å². The summed E-state index contributed by atoms with van der Waals surface area (Å²) in [5.74, 6) is 0. The highest BCUT2D eigenvalue weighted by molar-refractivity contribution is 7.11. The van der Waals surface area contributed by atoms with E-state index in [1.807, 2.05) is 17.5 Å². The summed E-state index contributed by atoms with van der Waals surface area (Å²) < 4.78 is 0. The first-order valence-corrected chi connectivity index (χ1v) is 7.76. The van der Waals surface area contributed by atoms with E-state index in [0.717, 1.165) is 26.1 Å². The number of nitrogens with zero attached hydrogens (tertiary/aromatic N) is 2. The Morgan fingerprint density at radius 2 is 1.94 bits per heavy atom. The maximum Gasteiger partial charge on any atom is 0.0925 e. The molecule has 0 aliphatic carbocycles. The Balaban J connectivity index is 2.25. The Bertz CT molecular complexity index is 326. The average Bonchev–Trinajstić information content (AvgIpc) is 2.75. The van der Waals surface area contributed by atoms with Crippen molar-refractivity contribution in [2.45, 2.75) is 59.7 Å². The van der Waals surface area contributed by atoms with Gasteiger partial charge >= 0.3 is 0 Å². The highest BCUT2D eigenvalue weighted by atomic mass is 32.1. The fourth-order valence-corrected chi connectivity index (χ4v) is 2.96. The van der Waals surface area contributed by atoms with Gasteiger partial charge in [-0.05, 0) is 34.1 Å². The standard InChI is InChI=1S/C14H27N3S/c1-6-14-16-10-13(18-14)9-15-7-8-17(11(2)3)12(4)5/h10-12,15H,6-9H2,1-5H3. The molecular weight excluding hydrogens is 242 g/mol.